The number of nitrogens with zero attached hydrogens (tertiary/aromatic N) is 2. The molecule has 0 saturated carbocycles. The predicted octanol–water partition coefficient (Wildman–Crippen LogP) is 6.51. The minimum Gasteiger partial charge on any atom is -0.481 e. The van der Waals surface area contributed by atoms with Gasteiger partial charge in [0.2, 0.25) is 0 Å². The van der Waals surface area contributed by atoms with E-state index in [4.69, 9.17) is 28.3 Å². The summed E-state index contributed by atoms with van der Waals surface area (Å²) in [5.74, 6) is -1.28. The minimum absolute atomic E-state index is 0.00889. The molecule has 0 radical (unpaired) electrons. The third-order valence-corrected chi connectivity index (χ3v) is 4.90. The first-order chi connectivity index (χ1) is 14.3. The SMILES string of the molecule is O=C(O)Cc1cn(-c2cc(C(F)(F)F)cc(C(F)(F)F)c2)nc1-c1ccc(Cl)c(Cl)c1. The normalized spacial score (nSPS) is 12.3. The van der Waals surface area contributed by atoms with Crippen molar-refractivity contribution in [2.75, 3.05) is 0 Å². The Morgan fingerprint density at radius 3 is 2.00 bits per heavy atom. The summed E-state index contributed by atoms with van der Waals surface area (Å²) < 4.78 is 79.7. The molecule has 0 aliphatic heterocycles. The number of hydrogen-bond donors (Lipinski definition) is 1. The van der Waals surface area contributed by atoms with Gasteiger partial charge in [-0.25, -0.2) is 4.68 Å². The molecule has 0 spiro atoms. The van der Waals surface area contributed by atoms with E-state index >= 15 is 0 Å². The van der Waals surface area contributed by atoms with Gasteiger partial charge in [0, 0.05) is 17.3 Å². The highest BCUT2D eigenvalue weighted by molar-refractivity contribution is 6.42. The van der Waals surface area contributed by atoms with E-state index in [1.807, 2.05) is 0 Å². The fourth-order valence-corrected chi connectivity index (χ4v) is 3.09. The first kappa shape index (κ1) is 23.0. The van der Waals surface area contributed by atoms with Crippen LogP contribution in [0.3, 0.4) is 0 Å². The number of carboxylic acids is 1. The second-order valence-electron chi connectivity index (χ2n) is 6.41. The summed E-state index contributed by atoms with van der Waals surface area (Å²) in [6.07, 6.45) is -9.61. The van der Waals surface area contributed by atoms with Crippen molar-refractivity contribution >= 4 is 29.2 Å². The second-order valence-corrected chi connectivity index (χ2v) is 7.23. The lowest BCUT2D eigenvalue weighted by molar-refractivity contribution is -0.143. The molecule has 3 aromatic rings. The standard InChI is InChI=1S/C19H10Cl2F6N2O2/c20-14-2-1-9(3-15(14)21)17-10(4-16(30)31)8-29(28-17)13-6-11(18(22,23)24)5-12(7-13)19(25,26)27/h1-3,5-8H,4H2,(H,30,31). The van der Waals surface area contributed by atoms with Crippen LogP contribution in [-0.4, -0.2) is 20.9 Å². The van der Waals surface area contributed by atoms with Crippen molar-refractivity contribution in [2.45, 2.75) is 18.8 Å². The average Bonchev–Trinajstić information content (AvgIpc) is 3.05. The maximum atomic E-state index is 13.2. The fourth-order valence-electron chi connectivity index (χ4n) is 2.79. The second kappa shape index (κ2) is 8.08. The number of carbonyl (C=O) groups is 1. The Morgan fingerprint density at radius 1 is 0.935 bits per heavy atom. The number of aromatic nitrogens is 2. The molecule has 0 unspecified atom stereocenters. The average molecular weight is 483 g/mol. The van der Waals surface area contributed by atoms with Crippen LogP contribution in [0.1, 0.15) is 16.7 Å². The molecule has 1 heterocycles. The lowest BCUT2D eigenvalue weighted by Gasteiger charge is -2.14. The van der Waals surface area contributed by atoms with E-state index in [1.165, 1.54) is 18.2 Å². The molecule has 4 nitrogen and oxygen atoms in total. The van der Waals surface area contributed by atoms with Crippen LogP contribution in [0.2, 0.25) is 10.0 Å². The quantitative estimate of drug-likeness (QED) is 0.431. The Kier molecular flexibility index (Phi) is 5.98. The Bertz CT molecular complexity index is 1120. The molecule has 0 amide bonds. The van der Waals surface area contributed by atoms with Gasteiger partial charge in [-0.1, -0.05) is 29.3 Å². The number of hydrogen-bond acceptors (Lipinski definition) is 2. The van der Waals surface area contributed by atoms with Gasteiger partial charge < -0.3 is 5.11 Å². The highest BCUT2D eigenvalue weighted by Crippen LogP contribution is 2.38. The molecule has 31 heavy (non-hydrogen) atoms. The van der Waals surface area contributed by atoms with Crippen molar-refractivity contribution < 1.29 is 36.2 Å². The van der Waals surface area contributed by atoms with Crippen LogP contribution in [0.15, 0.2) is 42.6 Å². The zero-order chi connectivity index (χ0) is 23.1. The summed E-state index contributed by atoms with van der Waals surface area (Å²) in [6.45, 7) is 0. The van der Waals surface area contributed by atoms with Crippen molar-refractivity contribution in [3.05, 3.63) is 69.3 Å². The molecular weight excluding hydrogens is 473 g/mol. The molecule has 3 rings (SSSR count). The number of halogens is 8. The maximum Gasteiger partial charge on any atom is 0.416 e. The zero-order valence-corrected chi connectivity index (χ0v) is 16.5. The summed E-state index contributed by atoms with van der Waals surface area (Å²) in [4.78, 5) is 11.2. The molecule has 12 heteroatoms. The van der Waals surface area contributed by atoms with Crippen molar-refractivity contribution in [3.63, 3.8) is 0 Å². The third kappa shape index (κ3) is 5.13. The fraction of sp³-hybridized carbons (Fsp3) is 0.158. The number of alkyl halides is 6. The summed E-state index contributed by atoms with van der Waals surface area (Å²) >= 11 is 11.8. The van der Waals surface area contributed by atoms with Gasteiger partial charge in [0.25, 0.3) is 0 Å². The van der Waals surface area contributed by atoms with Crippen molar-refractivity contribution in [3.8, 4) is 16.9 Å². The number of carboxylic acid groups (broad SMARTS) is 1. The molecule has 0 saturated heterocycles. The smallest absolute Gasteiger partial charge is 0.416 e. The number of rotatable bonds is 4. The van der Waals surface area contributed by atoms with E-state index < -0.39 is 41.6 Å². The molecule has 164 valence electrons. The third-order valence-electron chi connectivity index (χ3n) is 4.16. The Labute approximate surface area is 180 Å². The molecule has 1 N–H and O–H groups in total. The van der Waals surface area contributed by atoms with Gasteiger partial charge in [0.05, 0.1) is 39.0 Å². The molecule has 1 aromatic heterocycles. The van der Waals surface area contributed by atoms with Gasteiger partial charge in [0.15, 0.2) is 0 Å². The van der Waals surface area contributed by atoms with E-state index in [-0.39, 0.29) is 32.9 Å². The Hall–Kier alpha value is -2.72. The van der Waals surface area contributed by atoms with Crippen LogP contribution in [0.4, 0.5) is 26.3 Å². The maximum absolute atomic E-state index is 13.2. The lowest BCUT2D eigenvalue weighted by atomic mass is 10.1. The predicted molar refractivity (Wildman–Crippen MR) is 100 cm³/mol. The van der Waals surface area contributed by atoms with Crippen molar-refractivity contribution in [2.24, 2.45) is 0 Å². The Balaban J connectivity index is 2.22. The van der Waals surface area contributed by atoms with Crippen LogP contribution >= 0.6 is 23.2 Å². The lowest BCUT2D eigenvalue weighted by Crippen LogP contribution is -2.12. The molecule has 0 bridgehead atoms. The van der Waals surface area contributed by atoms with Crippen LogP contribution in [-0.2, 0) is 23.6 Å². The van der Waals surface area contributed by atoms with Crippen molar-refractivity contribution in [1.82, 2.24) is 9.78 Å². The highest BCUT2D eigenvalue weighted by atomic mass is 35.5. The molecular formula is C19H10Cl2F6N2O2. The first-order valence-electron chi connectivity index (χ1n) is 8.31. The van der Waals surface area contributed by atoms with Gasteiger partial charge >= 0.3 is 18.3 Å². The summed E-state index contributed by atoms with van der Waals surface area (Å²) in [7, 11) is 0. The summed E-state index contributed by atoms with van der Waals surface area (Å²) in [5, 5.41) is 13.5. The molecule has 0 fully saturated rings. The Morgan fingerprint density at radius 2 is 1.52 bits per heavy atom. The number of aliphatic carboxylic acids is 1. The number of benzene rings is 2. The van der Waals surface area contributed by atoms with Gasteiger partial charge in [-0.2, -0.15) is 31.4 Å². The van der Waals surface area contributed by atoms with Crippen LogP contribution in [0.5, 0.6) is 0 Å². The topological polar surface area (TPSA) is 55.1 Å². The monoisotopic (exact) mass is 482 g/mol. The van der Waals surface area contributed by atoms with Gasteiger partial charge in [-0.05, 0) is 30.3 Å². The first-order valence-corrected chi connectivity index (χ1v) is 9.07. The van der Waals surface area contributed by atoms with Gasteiger partial charge in [0.1, 0.15) is 0 Å². The van der Waals surface area contributed by atoms with E-state index in [1.54, 1.807) is 0 Å². The molecule has 0 aliphatic carbocycles. The van der Waals surface area contributed by atoms with Crippen LogP contribution in [0.25, 0.3) is 16.9 Å². The van der Waals surface area contributed by atoms with Crippen molar-refractivity contribution in [1.29, 1.82) is 0 Å². The molecule has 0 atom stereocenters. The summed E-state index contributed by atoms with van der Waals surface area (Å²) in [6, 6.07) is 5.17. The summed E-state index contributed by atoms with van der Waals surface area (Å²) in [5.41, 5.74) is -3.23. The van der Waals surface area contributed by atoms with E-state index in [9.17, 15) is 31.1 Å². The minimum atomic E-state index is -5.04. The van der Waals surface area contributed by atoms with Gasteiger partial charge in [-0.3, -0.25) is 4.79 Å². The van der Waals surface area contributed by atoms with Crippen LogP contribution < -0.4 is 0 Å². The highest BCUT2D eigenvalue weighted by Gasteiger charge is 2.37. The largest absolute Gasteiger partial charge is 0.481 e. The van der Waals surface area contributed by atoms with Gasteiger partial charge in [-0.15, -0.1) is 0 Å². The van der Waals surface area contributed by atoms with E-state index in [2.05, 4.69) is 5.10 Å². The van der Waals surface area contributed by atoms with Crippen LogP contribution in [0, 0.1) is 0 Å². The molecule has 0 aliphatic rings. The van der Waals surface area contributed by atoms with E-state index in [0.29, 0.717) is 12.1 Å². The molecule has 2 aromatic carbocycles. The van der Waals surface area contributed by atoms with E-state index in [0.717, 1.165) is 10.9 Å². The zero-order valence-electron chi connectivity index (χ0n) is 15.0.